The van der Waals surface area contributed by atoms with Gasteiger partial charge in [-0.1, -0.05) is 12.1 Å². The highest BCUT2D eigenvalue weighted by molar-refractivity contribution is 7.90. The lowest BCUT2D eigenvalue weighted by molar-refractivity contribution is -0.134. The molecule has 2 rings (SSSR count). The van der Waals surface area contributed by atoms with Crippen LogP contribution in [0.25, 0.3) is 0 Å². The van der Waals surface area contributed by atoms with Gasteiger partial charge in [0.1, 0.15) is 0 Å². The molecule has 2 N–H and O–H groups in total. The molecule has 2 amide bonds. The lowest BCUT2D eigenvalue weighted by Crippen LogP contribution is -2.48. The van der Waals surface area contributed by atoms with E-state index in [1.807, 2.05) is 4.72 Å². The van der Waals surface area contributed by atoms with E-state index in [4.69, 9.17) is 4.74 Å². The predicted octanol–water partition coefficient (Wildman–Crippen LogP) is 1.21. The number of benzene rings is 1. The maximum atomic E-state index is 12.3. The summed E-state index contributed by atoms with van der Waals surface area (Å²) >= 11 is 0. The number of rotatable bonds is 5. The molecular formula is C16H20N2O6S. The van der Waals surface area contributed by atoms with E-state index >= 15 is 0 Å². The average molecular weight is 368 g/mol. The fourth-order valence-corrected chi connectivity index (χ4v) is 3.16. The molecule has 0 aliphatic carbocycles. The van der Waals surface area contributed by atoms with E-state index < -0.39 is 27.6 Å². The Kier molecular flexibility index (Phi) is 5.48. The number of fused-ring (bicyclic) bond motifs is 1. The molecule has 0 bridgehead atoms. The topological polar surface area (TPSA) is 111 Å². The molecule has 1 aliphatic heterocycles. The molecule has 9 heteroatoms. The second kappa shape index (κ2) is 7.24. The monoisotopic (exact) mass is 368 g/mol. The van der Waals surface area contributed by atoms with Crippen molar-refractivity contribution >= 4 is 22.0 Å². The van der Waals surface area contributed by atoms with Gasteiger partial charge in [0.2, 0.25) is 0 Å². The number of esters is 1. The summed E-state index contributed by atoms with van der Waals surface area (Å²) in [7, 11) is -2.79. The smallest absolute Gasteiger partial charge is 0.330 e. The van der Waals surface area contributed by atoms with Gasteiger partial charge in [-0.15, -0.1) is 0 Å². The molecule has 1 aliphatic rings. The van der Waals surface area contributed by atoms with Crippen molar-refractivity contribution in [2.75, 3.05) is 7.11 Å². The second-order valence-electron chi connectivity index (χ2n) is 6.06. The van der Waals surface area contributed by atoms with Gasteiger partial charge in [0.25, 0.3) is 10.0 Å². The minimum Gasteiger partial charge on any atom is -0.466 e. The Balaban J connectivity index is 2.06. The van der Waals surface area contributed by atoms with Crippen molar-refractivity contribution in [1.29, 1.82) is 0 Å². The molecule has 1 aromatic carbocycles. The van der Waals surface area contributed by atoms with Gasteiger partial charge in [-0.2, -0.15) is 0 Å². The number of urea groups is 1. The minimum absolute atomic E-state index is 0.0187. The molecule has 0 atom stereocenters. The van der Waals surface area contributed by atoms with Gasteiger partial charge >= 0.3 is 12.0 Å². The van der Waals surface area contributed by atoms with Gasteiger partial charge in [0.15, 0.2) is 0 Å². The first kappa shape index (κ1) is 18.9. The van der Waals surface area contributed by atoms with Crippen molar-refractivity contribution in [2.45, 2.75) is 37.5 Å². The number of ether oxygens (including phenoxy) is 2. The van der Waals surface area contributed by atoms with Gasteiger partial charge in [0.05, 0.1) is 30.8 Å². The van der Waals surface area contributed by atoms with Gasteiger partial charge in [-0.3, -0.25) is 0 Å². The van der Waals surface area contributed by atoms with Crippen LogP contribution in [0.1, 0.15) is 25.0 Å². The van der Waals surface area contributed by atoms with E-state index in [1.54, 1.807) is 19.9 Å². The molecule has 25 heavy (non-hydrogen) atoms. The first-order valence-corrected chi connectivity index (χ1v) is 8.93. The largest absolute Gasteiger partial charge is 0.466 e. The number of nitrogens with one attached hydrogen (secondary N) is 2. The number of carbonyl (C=O) groups is 2. The second-order valence-corrected chi connectivity index (χ2v) is 7.74. The number of methoxy groups -OCH3 is 1. The molecule has 8 nitrogen and oxygen atoms in total. The Morgan fingerprint density at radius 1 is 1.24 bits per heavy atom. The van der Waals surface area contributed by atoms with Crippen LogP contribution < -0.4 is 10.0 Å². The summed E-state index contributed by atoms with van der Waals surface area (Å²) in [5.41, 5.74) is 0.752. The van der Waals surface area contributed by atoms with Crippen molar-refractivity contribution < 1.29 is 27.5 Å². The number of hydrogen-bond donors (Lipinski definition) is 2. The number of amides is 2. The van der Waals surface area contributed by atoms with Crippen LogP contribution >= 0.6 is 0 Å². The number of carbonyl (C=O) groups excluding carboxylic acids is 2. The first-order valence-electron chi connectivity index (χ1n) is 7.45. The van der Waals surface area contributed by atoms with Crippen LogP contribution in [0, 0.1) is 0 Å². The highest BCUT2D eigenvalue weighted by atomic mass is 32.2. The van der Waals surface area contributed by atoms with Gasteiger partial charge in [-0.25, -0.2) is 22.7 Å². The summed E-state index contributed by atoms with van der Waals surface area (Å²) < 4.78 is 36.3. The molecule has 0 aromatic heterocycles. The Labute approximate surface area is 146 Å². The van der Waals surface area contributed by atoms with Gasteiger partial charge in [-0.05, 0) is 37.1 Å². The van der Waals surface area contributed by atoms with Crippen molar-refractivity contribution in [2.24, 2.45) is 0 Å². The lowest BCUT2D eigenvalue weighted by atomic mass is 10.1. The van der Waals surface area contributed by atoms with Gasteiger partial charge < -0.3 is 14.8 Å². The Morgan fingerprint density at radius 2 is 1.92 bits per heavy atom. The van der Waals surface area contributed by atoms with Crippen LogP contribution in [-0.2, 0) is 37.5 Å². The van der Waals surface area contributed by atoms with Crippen LogP contribution in [0.5, 0.6) is 0 Å². The molecule has 136 valence electrons. The quantitative estimate of drug-likeness (QED) is 0.597. The minimum atomic E-state index is -4.02. The fourth-order valence-electron chi connectivity index (χ4n) is 2.20. The molecule has 0 saturated heterocycles. The Morgan fingerprint density at radius 3 is 2.60 bits per heavy atom. The number of sulfonamides is 1. The molecule has 0 unspecified atom stereocenters. The molecule has 0 radical (unpaired) electrons. The number of hydrogen-bond acceptors (Lipinski definition) is 6. The zero-order valence-electron chi connectivity index (χ0n) is 14.2. The summed E-state index contributed by atoms with van der Waals surface area (Å²) in [6, 6.07) is 3.67. The summed E-state index contributed by atoms with van der Waals surface area (Å²) in [5, 5.41) is 2.47. The zero-order valence-corrected chi connectivity index (χ0v) is 15.0. The summed E-state index contributed by atoms with van der Waals surface area (Å²) in [4.78, 5) is 23.1. The maximum absolute atomic E-state index is 12.3. The van der Waals surface area contributed by atoms with Crippen LogP contribution in [0.3, 0.4) is 0 Å². The average Bonchev–Trinajstić information content (AvgIpc) is 2.99. The van der Waals surface area contributed by atoms with E-state index in [2.05, 4.69) is 10.1 Å². The Bertz CT molecular complexity index is 814. The van der Waals surface area contributed by atoms with Crippen molar-refractivity contribution in [3.05, 3.63) is 41.5 Å². The van der Waals surface area contributed by atoms with Crippen LogP contribution in [-0.4, -0.2) is 33.1 Å². The Hall–Kier alpha value is -2.39. The van der Waals surface area contributed by atoms with E-state index in [0.29, 0.717) is 13.2 Å². The third-order valence-corrected chi connectivity index (χ3v) is 4.83. The standard InChI is InChI=1S/C16H20N2O6S/c1-16(2,7-6-14(19)23-3)17-15(20)18-25(21,22)13-5-4-11-9-24-10-12(11)8-13/h4-8H,9-10H2,1-3H3,(H2,17,18,20)/b7-6+. The predicted molar refractivity (Wildman–Crippen MR) is 89.0 cm³/mol. The summed E-state index contributed by atoms with van der Waals surface area (Å²) in [6.07, 6.45) is 2.55. The summed E-state index contributed by atoms with van der Waals surface area (Å²) in [6.45, 7) is 4.00. The maximum Gasteiger partial charge on any atom is 0.330 e. The SMILES string of the molecule is COC(=O)/C=C/C(C)(C)NC(=O)NS(=O)(=O)c1ccc2c(c1)COC2. The molecular weight excluding hydrogens is 348 g/mol. The summed E-state index contributed by atoms with van der Waals surface area (Å²) in [5.74, 6) is -0.580. The van der Waals surface area contributed by atoms with Crippen LogP contribution in [0.4, 0.5) is 4.79 Å². The van der Waals surface area contributed by atoms with E-state index in [0.717, 1.165) is 17.2 Å². The van der Waals surface area contributed by atoms with Crippen LogP contribution in [0.2, 0.25) is 0 Å². The van der Waals surface area contributed by atoms with E-state index in [1.165, 1.54) is 25.3 Å². The van der Waals surface area contributed by atoms with Crippen molar-refractivity contribution in [3.63, 3.8) is 0 Å². The zero-order chi connectivity index (χ0) is 18.7. The highest BCUT2D eigenvalue weighted by Gasteiger charge is 2.24. The lowest BCUT2D eigenvalue weighted by Gasteiger charge is -2.22. The molecule has 0 spiro atoms. The van der Waals surface area contributed by atoms with Crippen molar-refractivity contribution in [1.82, 2.24) is 10.0 Å². The normalized spacial score (nSPS) is 14.2. The first-order chi connectivity index (χ1) is 11.6. The molecule has 0 saturated carbocycles. The third kappa shape index (κ3) is 5.04. The third-order valence-electron chi connectivity index (χ3n) is 3.50. The van der Waals surface area contributed by atoms with Crippen molar-refractivity contribution in [3.8, 4) is 0 Å². The van der Waals surface area contributed by atoms with E-state index in [-0.39, 0.29) is 4.90 Å². The molecule has 1 heterocycles. The highest BCUT2D eigenvalue weighted by Crippen LogP contribution is 2.23. The van der Waals surface area contributed by atoms with E-state index in [9.17, 15) is 18.0 Å². The van der Waals surface area contributed by atoms with Crippen LogP contribution in [0.15, 0.2) is 35.2 Å². The fraction of sp³-hybridized carbons (Fsp3) is 0.375. The molecule has 1 aromatic rings. The molecule has 0 fully saturated rings. The van der Waals surface area contributed by atoms with Gasteiger partial charge in [0, 0.05) is 6.08 Å².